The van der Waals surface area contributed by atoms with E-state index in [0.717, 1.165) is 12.8 Å². The van der Waals surface area contributed by atoms with Crippen molar-refractivity contribution in [3.05, 3.63) is 36.6 Å². The quantitative estimate of drug-likeness (QED) is 0.459. The average molecular weight is 564 g/mol. The number of rotatable bonds is 9. The summed E-state index contributed by atoms with van der Waals surface area (Å²) in [5, 5.41) is 2.70. The summed E-state index contributed by atoms with van der Waals surface area (Å²) >= 11 is 0. The fourth-order valence-corrected chi connectivity index (χ4v) is 4.17. The number of carbonyl (C=O) groups is 2. The Balaban J connectivity index is 1.67. The van der Waals surface area contributed by atoms with Crippen molar-refractivity contribution in [1.82, 2.24) is 20.1 Å². The molecule has 219 valence electrons. The SMILES string of the molecule is [CH2]C1CN(C(=O)c2nc(-c3ccc(OC(F)F)c(OCC4CC4)c3)oc2[C@H](C)NC(=O)OC(C)(C)C)CCN1C. The second kappa shape index (κ2) is 12.0. The van der Waals surface area contributed by atoms with Crippen LogP contribution in [0.2, 0.25) is 0 Å². The highest BCUT2D eigenvalue weighted by molar-refractivity contribution is 5.94. The molecule has 0 spiro atoms. The lowest BCUT2D eigenvalue weighted by atomic mass is 10.1. The van der Waals surface area contributed by atoms with Gasteiger partial charge in [0, 0.05) is 31.2 Å². The molecule has 1 unspecified atom stereocenters. The number of hydrogen-bond acceptors (Lipinski definition) is 8. The van der Waals surface area contributed by atoms with Gasteiger partial charge >= 0.3 is 12.7 Å². The second-order valence-corrected chi connectivity index (χ2v) is 11.3. The van der Waals surface area contributed by atoms with E-state index in [1.54, 1.807) is 32.6 Å². The number of alkyl carbamates (subject to hydrolysis) is 1. The Bertz CT molecular complexity index is 1210. The van der Waals surface area contributed by atoms with Crippen LogP contribution in [0.25, 0.3) is 11.5 Å². The Hall–Kier alpha value is -3.41. The van der Waals surface area contributed by atoms with E-state index in [1.807, 2.05) is 7.05 Å². The van der Waals surface area contributed by atoms with Crippen LogP contribution in [-0.4, -0.2) is 78.3 Å². The molecule has 10 nitrogen and oxygen atoms in total. The van der Waals surface area contributed by atoms with Crippen molar-refractivity contribution in [2.75, 3.05) is 33.3 Å². The van der Waals surface area contributed by atoms with E-state index in [-0.39, 0.29) is 40.8 Å². The molecule has 40 heavy (non-hydrogen) atoms. The molecule has 1 radical (unpaired) electrons. The maximum atomic E-state index is 13.6. The summed E-state index contributed by atoms with van der Waals surface area (Å²) in [4.78, 5) is 34.3. The average Bonchev–Trinajstić information content (AvgIpc) is 3.58. The molecule has 4 rings (SSSR count). The minimum Gasteiger partial charge on any atom is -0.489 e. The van der Waals surface area contributed by atoms with E-state index in [2.05, 4.69) is 26.9 Å². The Labute approximate surface area is 232 Å². The van der Waals surface area contributed by atoms with Crippen molar-refractivity contribution in [1.29, 1.82) is 0 Å². The largest absolute Gasteiger partial charge is 0.489 e. The number of aromatic nitrogens is 1. The van der Waals surface area contributed by atoms with Crippen LogP contribution in [0.15, 0.2) is 22.6 Å². The number of nitrogens with zero attached hydrogens (tertiary/aromatic N) is 3. The van der Waals surface area contributed by atoms with Crippen molar-refractivity contribution in [3.8, 4) is 23.0 Å². The lowest BCUT2D eigenvalue weighted by molar-refractivity contribution is -0.0515. The smallest absolute Gasteiger partial charge is 0.408 e. The maximum Gasteiger partial charge on any atom is 0.408 e. The maximum absolute atomic E-state index is 13.6. The van der Waals surface area contributed by atoms with Gasteiger partial charge in [0.15, 0.2) is 23.0 Å². The van der Waals surface area contributed by atoms with Crippen LogP contribution < -0.4 is 14.8 Å². The summed E-state index contributed by atoms with van der Waals surface area (Å²) in [6, 6.07) is 3.48. The number of likely N-dealkylation sites (N-methyl/N-ethyl adjacent to an activating group) is 1. The molecular formula is C28H37F2N4O6. The van der Waals surface area contributed by atoms with Crippen molar-refractivity contribution in [3.63, 3.8) is 0 Å². The Kier molecular flexibility index (Phi) is 8.86. The summed E-state index contributed by atoms with van der Waals surface area (Å²) in [5.41, 5.74) is -0.300. The fourth-order valence-electron chi connectivity index (χ4n) is 4.17. The molecule has 1 N–H and O–H groups in total. The topological polar surface area (TPSA) is 106 Å². The lowest BCUT2D eigenvalue weighted by Gasteiger charge is -2.37. The highest BCUT2D eigenvalue weighted by atomic mass is 19.3. The molecule has 2 aromatic rings. The number of piperazine rings is 1. The van der Waals surface area contributed by atoms with Gasteiger partial charge in [-0.25, -0.2) is 9.78 Å². The van der Waals surface area contributed by atoms with E-state index in [9.17, 15) is 18.4 Å². The summed E-state index contributed by atoms with van der Waals surface area (Å²) in [5.74, 6) is 0.223. The molecule has 2 heterocycles. The molecule has 2 aliphatic rings. The number of nitrogens with one attached hydrogen (secondary N) is 1. The number of carbonyl (C=O) groups excluding carboxylic acids is 2. The summed E-state index contributed by atoms with van der Waals surface area (Å²) < 4.78 is 47.9. The van der Waals surface area contributed by atoms with Gasteiger partial charge in [0.1, 0.15) is 5.60 Å². The molecule has 1 aliphatic heterocycles. The first kappa shape index (κ1) is 29.6. The number of hydrogen-bond donors (Lipinski definition) is 1. The van der Waals surface area contributed by atoms with Crippen LogP contribution in [0.5, 0.6) is 11.5 Å². The van der Waals surface area contributed by atoms with E-state index >= 15 is 0 Å². The molecule has 2 fully saturated rings. The van der Waals surface area contributed by atoms with Gasteiger partial charge in [0.2, 0.25) is 5.89 Å². The number of ether oxygens (including phenoxy) is 3. The molecule has 1 aromatic heterocycles. The van der Waals surface area contributed by atoms with E-state index < -0.39 is 24.3 Å². The van der Waals surface area contributed by atoms with Crippen LogP contribution in [0, 0.1) is 12.8 Å². The summed E-state index contributed by atoms with van der Waals surface area (Å²) in [6.45, 7) is 9.83. The monoisotopic (exact) mass is 563 g/mol. The first-order valence-electron chi connectivity index (χ1n) is 13.4. The van der Waals surface area contributed by atoms with E-state index in [1.165, 1.54) is 18.2 Å². The van der Waals surface area contributed by atoms with Gasteiger partial charge in [-0.1, -0.05) is 0 Å². The minimum absolute atomic E-state index is 0.0312. The van der Waals surface area contributed by atoms with Gasteiger partial charge in [-0.2, -0.15) is 8.78 Å². The molecular weight excluding hydrogens is 526 g/mol. The van der Waals surface area contributed by atoms with Crippen molar-refractivity contribution in [2.45, 2.75) is 64.8 Å². The highest BCUT2D eigenvalue weighted by Gasteiger charge is 2.33. The molecule has 1 aliphatic carbocycles. The number of amides is 2. The van der Waals surface area contributed by atoms with Gasteiger partial charge in [-0.05, 0) is 78.6 Å². The number of alkyl halides is 2. The molecule has 2 atom stereocenters. The molecule has 1 saturated carbocycles. The number of halogens is 2. The van der Waals surface area contributed by atoms with Crippen LogP contribution in [0.1, 0.15) is 62.8 Å². The molecule has 0 bridgehead atoms. The zero-order chi connectivity index (χ0) is 29.2. The minimum atomic E-state index is -3.02. The predicted molar refractivity (Wildman–Crippen MR) is 142 cm³/mol. The van der Waals surface area contributed by atoms with Gasteiger partial charge in [-0.15, -0.1) is 0 Å². The van der Waals surface area contributed by atoms with Gasteiger partial charge in [0.05, 0.1) is 12.6 Å². The normalized spacial score (nSPS) is 18.9. The van der Waals surface area contributed by atoms with E-state index in [4.69, 9.17) is 13.9 Å². The molecule has 12 heteroatoms. The van der Waals surface area contributed by atoms with Crippen molar-refractivity contribution in [2.24, 2.45) is 5.92 Å². The van der Waals surface area contributed by atoms with Gasteiger partial charge in [-0.3, -0.25) is 9.69 Å². The lowest BCUT2D eigenvalue weighted by Crippen LogP contribution is -2.52. The third kappa shape index (κ3) is 7.61. The molecule has 2 amide bonds. The standard InChI is InChI=1S/C28H37F2N4O6/c1-16-14-34(12-11-33(16)6)25(35)22-23(17(2)31-27(36)40-28(3,4)5)39-24(32-22)19-9-10-20(38-26(29)30)21(13-19)37-15-18-7-8-18/h9-10,13,16-18,26H,1,7-8,11-12,14-15H2,2-6H3,(H,31,36)/t16?,17-/m0/s1. The zero-order valence-corrected chi connectivity index (χ0v) is 23.5. The first-order valence-corrected chi connectivity index (χ1v) is 13.4. The Morgan fingerprint density at radius 3 is 2.58 bits per heavy atom. The highest BCUT2D eigenvalue weighted by Crippen LogP contribution is 2.37. The molecule has 1 aromatic carbocycles. The number of oxazole rings is 1. The fraction of sp³-hybridized carbons (Fsp3) is 0.571. The van der Waals surface area contributed by atoms with Gasteiger partial charge in [0.25, 0.3) is 5.91 Å². The van der Waals surface area contributed by atoms with Crippen LogP contribution in [-0.2, 0) is 4.74 Å². The molecule has 1 saturated heterocycles. The first-order chi connectivity index (χ1) is 18.8. The Morgan fingerprint density at radius 1 is 1.23 bits per heavy atom. The third-order valence-corrected chi connectivity index (χ3v) is 6.62. The Morgan fingerprint density at radius 2 is 1.95 bits per heavy atom. The van der Waals surface area contributed by atoms with Crippen molar-refractivity contribution >= 4 is 12.0 Å². The van der Waals surface area contributed by atoms with Crippen molar-refractivity contribution < 1.29 is 37.0 Å². The van der Waals surface area contributed by atoms with E-state index in [0.29, 0.717) is 37.7 Å². The van der Waals surface area contributed by atoms with Crippen LogP contribution in [0.3, 0.4) is 0 Å². The zero-order valence-electron chi connectivity index (χ0n) is 23.5. The van der Waals surface area contributed by atoms with Crippen LogP contribution in [0.4, 0.5) is 13.6 Å². The summed E-state index contributed by atoms with van der Waals surface area (Å²) in [7, 11) is 1.94. The third-order valence-electron chi connectivity index (χ3n) is 6.62. The summed E-state index contributed by atoms with van der Waals surface area (Å²) in [6.07, 6.45) is 1.35. The number of benzene rings is 1. The van der Waals surface area contributed by atoms with Crippen LogP contribution >= 0.6 is 0 Å². The predicted octanol–water partition coefficient (Wildman–Crippen LogP) is 4.91. The van der Waals surface area contributed by atoms with Gasteiger partial charge < -0.3 is 28.8 Å². The second-order valence-electron chi connectivity index (χ2n) is 11.3.